The lowest BCUT2D eigenvalue weighted by molar-refractivity contribution is 0.0701. The Kier molecular flexibility index (Phi) is 4.75. The molecule has 0 saturated heterocycles. The SMILES string of the molecule is Cc1cc(S(=O)(=O)NCC2(C)CCCCC2)sc1C(=O)O. The molecule has 1 aliphatic rings. The molecule has 0 amide bonds. The van der Waals surface area contributed by atoms with Crippen LogP contribution in [0.5, 0.6) is 0 Å². The standard InChI is InChI=1S/C14H21NO4S2/c1-10-8-11(20-12(10)13(16)17)21(18,19)15-9-14(2)6-4-3-5-7-14/h8,15H,3-7,9H2,1-2H3,(H,16,17). The van der Waals surface area contributed by atoms with Crippen molar-refractivity contribution in [3.63, 3.8) is 0 Å². The van der Waals surface area contributed by atoms with Crippen LogP contribution < -0.4 is 4.72 Å². The molecule has 1 heterocycles. The van der Waals surface area contributed by atoms with Gasteiger partial charge in [-0.1, -0.05) is 26.2 Å². The van der Waals surface area contributed by atoms with Crippen LogP contribution in [-0.4, -0.2) is 26.0 Å². The lowest BCUT2D eigenvalue weighted by Gasteiger charge is -2.33. The van der Waals surface area contributed by atoms with Crippen molar-refractivity contribution in [2.24, 2.45) is 5.41 Å². The van der Waals surface area contributed by atoms with E-state index in [1.807, 2.05) is 0 Å². The number of carboxylic acids is 1. The number of nitrogens with one attached hydrogen (secondary N) is 1. The van der Waals surface area contributed by atoms with Crippen LogP contribution in [0.25, 0.3) is 0 Å². The molecule has 0 bridgehead atoms. The predicted octanol–water partition coefficient (Wildman–Crippen LogP) is 3.00. The molecule has 1 aromatic rings. The van der Waals surface area contributed by atoms with Gasteiger partial charge < -0.3 is 5.11 Å². The molecule has 1 aromatic heterocycles. The summed E-state index contributed by atoms with van der Waals surface area (Å²) in [4.78, 5) is 11.1. The molecule has 0 radical (unpaired) electrons. The van der Waals surface area contributed by atoms with Crippen LogP contribution in [0.4, 0.5) is 0 Å². The van der Waals surface area contributed by atoms with E-state index in [1.165, 1.54) is 12.5 Å². The van der Waals surface area contributed by atoms with E-state index >= 15 is 0 Å². The van der Waals surface area contributed by atoms with Crippen LogP contribution >= 0.6 is 11.3 Å². The van der Waals surface area contributed by atoms with Gasteiger partial charge in [-0.25, -0.2) is 17.9 Å². The summed E-state index contributed by atoms with van der Waals surface area (Å²) < 4.78 is 27.4. The maximum absolute atomic E-state index is 12.3. The second kappa shape index (κ2) is 6.06. The second-order valence-corrected chi connectivity index (χ2v) is 9.12. The molecule has 1 aliphatic carbocycles. The third-order valence-electron chi connectivity index (χ3n) is 4.10. The Bertz CT molecular complexity index is 627. The molecule has 118 valence electrons. The number of thiophene rings is 1. The number of aromatic carboxylic acids is 1. The molecule has 0 aromatic carbocycles. The fourth-order valence-corrected chi connectivity index (χ4v) is 5.34. The monoisotopic (exact) mass is 331 g/mol. The molecule has 2 rings (SSSR count). The zero-order chi connectivity index (χ0) is 15.7. The first-order chi connectivity index (χ1) is 9.73. The third kappa shape index (κ3) is 3.84. The molecular weight excluding hydrogens is 310 g/mol. The highest BCUT2D eigenvalue weighted by atomic mass is 32.2. The Labute approximate surface area is 129 Å². The molecule has 0 unspecified atom stereocenters. The van der Waals surface area contributed by atoms with Gasteiger partial charge in [0, 0.05) is 6.54 Å². The molecule has 21 heavy (non-hydrogen) atoms. The van der Waals surface area contributed by atoms with Crippen molar-refractivity contribution in [3.8, 4) is 0 Å². The van der Waals surface area contributed by atoms with Gasteiger partial charge in [0.15, 0.2) is 0 Å². The quantitative estimate of drug-likeness (QED) is 0.869. The van der Waals surface area contributed by atoms with E-state index in [1.54, 1.807) is 6.92 Å². The van der Waals surface area contributed by atoms with E-state index in [0.29, 0.717) is 12.1 Å². The summed E-state index contributed by atoms with van der Waals surface area (Å²) in [5.74, 6) is -1.09. The predicted molar refractivity (Wildman–Crippen MR) is 82.4 cm³/mol. The molecule has 5 nitrogen and oxygen atoms in total. The molecular formula is C14H21NO4S2. The number of aryl methyl sites for hydroxylation is 1. The molecule has 2 N–H and O–H groups in total. The van der Waals surface area contributed by atoms with Crippen LogP contribution in [-0.2, 0) is 10.0 Å². The Morgan fingerprint density at radius 2 is 2.00 bits per heavy atom. The number of hydrogen-bond donors (Lipinski definition) is 2. The van der Waals surface area contributed by atoms with Crippen molar-refractivity contribution >= 4 is 27.3 Å². The van der Waals surface area contributed by atoms with Crippen LogP contribution in [0.2, 0.25) is 0 Å². The van der Waals surface area contributed by atoms with Gasteiger partial charge in [-0.05, 0) is 36.8 Å². The smallest absolute Gasteiger partial charge is 0.346 e. The van der Waals surface area contributed by atoms with Crippen molar-refractivity contribution < 1.29 is 18.3 Å². The third-order valence-corrected chi connectivity index (χ3v) is 7.20. The minimum Gasteiger partial charge on any atom is -0.477 e. The number of rotatable bonds is 5. The zero-order valence-corrected chi connectivity index (χ0v) is 13.9. The Balaban J connectivity index is 2.11. The van der Waals surface area contributed by atoms with Crippen LogP contribution in [0.1, 0.15) is 54.3 Å². The molecule has 0 atom stereocenters. The van der Waals surface area contributed by atoms with Crippen molar-refractivity contribution in [1.29, 1.82) is 0 Å². The summed E-state index contributed by atoms with van der Waals surface area (Å²) >= 11 is 0.810. The van der Waals surface area contributed by atoms with E-state index in [-0.39, 0.29) is 14.5 Å². The summed E-state index contributed by atoms with van der Waals surface area (Å²) in [7, 11) is -3.63. The Morgan fingerprint density at radius 3 is 2.52 bits per heavy atom. The number of hydrogen-bond acceptors (Lipinski definition) is 4. The lowest BCUT2D eigenvalue weighted by atomic mass is 9.76. The Hall–Kier alpha value is -0.920. The lowest BCUT2D eigenvalue weighted by Crippen LogP contribution is -2.36. The van der Waals surface area contributed by atoms with Crippen molar-refractivity contribution in [2.75, 3.05) is 6.54 Å². The number of carboxylic acid groups (broad SMARTS) is 1. The van der Waals surface area contributed by atoms with Gasteiger partial charge in [-0.2, -0.15) is 0 Å². The van der Waals surface area contributed by atoms with Gasteiger partial charge in [0.25, 0.3) is 0 Å². The van der Waals surface area contributed by atoms with Gasteiger partial charge >= 0.3 is 5.97 Å². The summed E-state index contributed by atoms with van der Waals surface area (Å²) in [5, 5.41) is 9.01. The van der Waals surface area contributed by atoms with Crippen molar-refractivity contribution in [2.45, 2.75) is 50.2 Å². The van der Waals surface area contributed by atoms with E-state index < -0.39 is 16.0 Å². The summed E-state index contributed by atoms with van der Waals surface area (Å²) in [6.45, 7) is 4.13. The van der Waals surface area contributed by atoms with E-state index in [9.17, 15) is 13.2 Å². The topological polar surface area (TPSA) is 83.5 Å². The summed E-state index contributed by atoms with van der Waals surface area (Å²) in [5.41, 5.74) is 0.490. The zero-order valence-electron chi connectivity index (χ0n) is 12.3. The van der Waals surface area contributed by atoms with E-state index in [4.69, 9.17) is 5.11 Å². The normalized spacial score (nSPS) is 18.6. The highest BCUT2D eigenvalue weighted by molar-refractivity contribution is 7.91. The molecule has 7 heteroatoms. The minimum atomic E-state index is -3.63. The number of sulfonamides is 1. The molecule has 1 saturated carbocycles. The highest BCUT2D eigenvalue weighted by Gasteiger charge is 2.29. The fourth-order valence-electron chi connectivity index (χ4n) is 2.72. The second-order valence-electron chi connectivity index (χ2n) is 6.08. The van der Waals surface area contributed by atoms with Crippen molar-refractivity contribution in [3.05, 3.63) is 16.5 Å². The first kappa shape index (κ1) is 16.5. The van der Waals surface area contributed by atoms with Gasteiger partial charge in [0.2, 0.25) is 10.0 Å². The first-order valence-electron chi connectivity index (χ1n) is 7.07. The maximum atomic E-state index is 12.3. The average molecular weight is 331 g/mol. The summed E-state index contributed by atoms with van der Waals surface area (Å²) in [6, 6.07) is 1.43. The van der Waals surface area contributed by atoms with Crippen LogP contribution in [0.3, 0.4) is 0 Å². The van der Waals surface area contributed by atoms with Gasteiger partial charge in [0.1, 0.15) is 9.09 Å². The minimum absolute atomic E-state index is 0.00719. The van der Waals surface area contributed by atoms with Crippen molar-refractivity contribution in [1.82, 2.24) is 4.72 Å². The summed E-state index contributed by atoms with van der Waals surface area (Å²) in [6.07, 6.45) is 5.55. The molecule has 1 fully saturated rings. The van der Waals surface area contributed by atoms with Crippen LogP contribution in [0, 0.1) is 12.3 Å². The fraction of sp³-hybridized carbons (Fsp3) is 0.643. The first-order valence-corrected chi connectivity index (χ1v) is 9.37. The van der Waals surface area contributed by atoms with E-state index in [0.717, 1.165) is 37.0 Å². The largest absolute Gasteiger partial charge is 0.477 e. The maximum Gasteiger partial charge on any atom is 0.346 e. The number of carbonyl (C=O) groups is 1. The van der Waals surface area contributed by atoms with Gasteiger partial charge in [-0.15, -0.1) is 11.3 Å². The van der Waals surface area contributed by atoms with Gasteiger partial charge in [0.05, 0.1) is 0 Å². The van der Waals surface area contributed by atoms with Crippen LogP contribution in [0.15, 0.2) is 10.3 Å². The molecule has 0 spiro atoms. The highest BCUT2D eigenvalue weighted by Crippen LogP contribution is 2.35. The average Bonchev–Trinajstić information content (AvgIpc) is 2.81. The molecule has 0 aliphatic heterocycles. The van der Waals surface area contributed by atoms with Gasteiger partial charge in [-0.3, -0.25) is 0 Å². The van der Waals surface area contributed by atoms with E-state index in [2.05, 4.69) is 11.6 Å². The Morgan fingerprint density at radius 1 is 1.38 bits per heavy atom.